The normalized spacial score (nSPS) is 17.4. The van der Waals surface area contributed by atoms with Gasteiger partial charge in [0.2, 0.25) is 5.91 Å². The van der Waals surface area contributed by atoms with Crippen LogP contribution in [0.1, 0.15) is 12.1 Å². The number of nitrogens with zero attached hydrogens (tertiary/aromatic N) is 2. The summed E-state index contributed by atoms with van der Waals surface area (Å²) >= 11 is 12.7. The van der Waals surface area contributed by atoms with Crippen molar-refractivity contribution in [2.75, 3.05) is 0 Å². The summed E-state index contributed by atoms with van der Waals surface area (Å²) in [6, 6.07) is 3.77. The number of aromatic amines is 1. The summed E-state index contributed by atoms with van der Waals surface area (Å²) < 4.78 is 2.16. The molecule has 0 fully saturated rings. The van der Waals surface area contributed by atoms with Crippen molar-refractivity contribution >= 4 is 40.0 Å². The van der Waals surface area contributed by atoms with Gasteiger partial charge in [-0.2, -0.15) is 5.10 Å². The zero-order valence-corrected chi connectivity index (χ0v) is 13.7. The molecule has 4 rings (SSSR count). The van der Waals surface area contributed by atoms with Crippen molar-refractivity contribution in [1.29, 1.82) is 0 Å². The lowest BCUT2D eigenvalue weighted by Crippen LogP contribution is -2.30. The lowest BCUT2D eigenvalue weighted by atomic mass is 9.92. The predicted octanol–water partition coefficient (Wildman–Crippen LogP) is 3.39. The number of benzene rings is 1. The first-order chi connectivity index (χ1) is 11.1. The summed E-state index contributed by atoms with van der Waals surface area (Å²) in [6.45, 7) is 0.692. The Morgan fingerprint density at radius 2 is 2.22 bits per heavy atom. The third kappa shape index (κ3) is 2.15. The highest BCUT2D eigenvalue weighted by Gasteiger charge is 2.29. The standard InChI is InChI=1S/C16H14Cl2N4O/c17-11-2-1-10-13(9-6-20-21-7-9)12-5-8(16(19)23)3-4-22(12)15(10)14(11)18/h1-2,6-8H,3-5H2,(H2,19,23)(H,20,21). The van der Waals surface area contributed by atoms with E-state index in [0.29, 0.717) is 29.4 Å². The van der Waals surface area contributed by atoms with Crippen LogP contribution in [0.2, 0.25) is 10.0 Å². The van der Waals surface area contributed by atoms with Gasteiger partial charge in [0.15, 0.2) is 0 Å². The minimum Gasteiger partial charge on any atom is -0.369 e. The van der Waals surface area contributed by atoms with Gasteiger partial charge in [-0.1, -0.05) is 29.3 Å². The van der Waals surface area contributed by atoms with Crippen molar-refractivity contribution in [3.05, 3.63) is 40.3 Å². The number of carbonyl (C=O) groups excluding carboxylic acids is 1. The minimum absolute atomic E-state index is 0.160. The highest BCUT2D eigenvalue weighted by molar-refractivity contribution is 6.45. The number of fused-ring (bicyclic) bond motifs is 3. The van der Waals surface area contributed by atoms with Crippen molar-refractivity contribution in [3.63, 3.8) is 0 Å². The number of nitrogens with two attached hydrogens (primary N) is 1. The van der Waals surface area contributed by atoms with E-state index in [1.807, 2.05) is 12.3 Å². The maximum atomic E-state index is 11.6. The molecule has 0 saturated carbocycles. The van der Waals surface area contributed by atoms with E-state index in [-0.39, 0.29) is 11.8 Å². The predicted molar refractivity (Wildman–Crippen MR) is 90.5 cm³/mol. The van der Waals surface area contributed by atoms with Gasteiger partial charge in [-0.15, -0.1) is 0 Å². The first kappa shape index (κ1) is 14.6. The summed E-state index contributed by atoms with van der Waals surface area (Å²) in [4.78, 5) is 11.6. The number of carbonyl (C=O) groups is 1. The Kier molecular flexibility index (Phi) is 3.36. The number of H-pyrrole nitrogens is 1. The molecule has 118 valence electrons. The largest absolute Gasteiger partial charge is 0.369 e. The third-order valence-electron chi connectivity index (χ3n) is 4.55. The Balaban J connectivity index is 2.05. The molecular weight excluding hydrogens is 335 g/mol. The molecule has 1 amide bonds. The smallest absolute Gasteiger partial charge is 0.220 e. The fourth-order valence-electron chi connectivity index (χ4n) is 3.46. The molecule has 5 nitrogen and oxygen atoms in total. The van der Waals surface area contributed by atoms with E-state index in [1.54, 1.807) is 12.3 Å². The number of halogens is 2. The van der Waals surface area contributed by atoms with Crippen LogP contribution >= 0.6 is 23.2 Å². The second-order valence-corrected chi connectivity index (χ2v) is 6.60. The van der Waals surface area contributed by atoms with Gasteiger partial charge in [-0.25, -0.2) is 0 Å². The van der Waals surface area contributed by atoms with Gasteiger partial charge in [-0.05, 0) is 18.9 Å². The number of primary amides is 1. The van der Waals surface area contributed by atoms with Crippen LogP contribution in [0.25, 0.3) is 22.0 Å². The van der Waals surface area contributed by atoms with Crippen molar-refractivity contribution in [2.24, 2.45) is 11.7 Å². The Hall–Kier alpha value is -1.98. The zero-order valence-electron chi connectivity index (χ0n) is 12.1. The molecule has 1 unspecified atom stereocenters. The first-order valence-corrected chi connectivity index (χ1v) is 8.11. The topological polar surface area (TPSA) is 76.7 Å². The summed E-state index contributed by atoms with van der Waals surface area (Å²) in [5, 5.41) is 8.96. The van der Waals surface area contributed by atoms with Crippen LogP contribution in [0, 0.1) is 5.92 Å². The van der Waals surface area contributed by atoms with E-state index < -0.39 is 0 Å². The highest BCUT2D eigenvalue weighted by atomic mass is 35.5. The van der Waals surface area contributed by atoms with E-state index in [9.17, 15) is 4.79 Å². The van der Waals surface area contributed by atoms with E-state index in [0.717, 1.165) is 27.7 Å². The maximum Gasteiger partial charge on any atom is 0.220 e. The van der Waals surface area contributed by atoms with Crippen molar-refractivity contribution in [2.45, 2.75) is 19.4 Å². The zero-order chi connectivity index (χ0) is 16.1. The van der Waals surface area contributed by atoms with Crippen LogP contribution in [0.5, 0.6) is 0 Å². The Morgan fingerprint density at radius 1 is 1.39 bits per heavy atom. The van der Waals surface area contributed by atoms with Crippen molar-refractivity contribution in [1.82, 2.24) is 14.8 Å². The van der Waals surface area contributed by atoms with E-state index in [2.05, 4.69) is 14.8 Å². The molecular formula is C16H14Cl2N4O. The number of aromatic nitrogens is 3. The molecule has 1 aliphatic rings. The number of hydrogen-bond acceptors (Lipinski definition) is 2. The van der Waals surface area contributed by atoms with Crippen LogP contribution in [0.4, 0.5) is 0 Å². The first-order valence-electron chi connectivity index (χ1n) is 7.35. The molecule has 2 aromatic heterocycles. The average Bonchev–Trinajstić information content (AvgIpc) is 3.15. The van der Waals surface area contributed by atoms with Crippen LogP contribution in [0.15, 0.2) is 24.5 Å². The van der Waals surface area contributed by atoms with Gasteiger partial charge in [0.1, 0.15) is 0 Å². The molecule has 3 aromatic rings. The second-order valence-electron chi connectivity index (χ2n) is 5.81. The summed E-state index contributed by atoms with van der Waals surface area (Å²) in [6.07, 6.45) is 4.91. The summed E-state index contributed by atoms with van der Waals surface area (Å²) in [7, 11) is 0. The molecule has 1 atom stereocenters. The van der Waals surface area contributed by atoms with Gasteiger partial charge in [-0.3, -0.25) is 9.89 Å². The molecule has 3 N–H and O–H groups in total. The molecule has 0 spiro atoms. The molecule has 1 aliphatic heterocycles. The Labute approximate surface area is 142 Å². The second kappa shape index (κ2) is 5.28. The van der Waals surface area contributed by atoms with Gasteiger partial charge >= 0.3 is 0 Å². The van der Waals surface area contributed by atoms with Gasteiger partial charge in [0, 0.05) is 40.9 Å². The van der Waals surface area contributed by atoms with Crippen LogP contribution in [0.3, 0.4) is 0 Å². The molecule has 23 heavy (non-hydrogen) atoms. The molecule has 3 heterocycles. The number of amides is 1. The molecule has 0 aliphatic carbocycles. The van der Waals surface area contributed by atoms with Gasteiger partial charge in [0.05, 0.1) is 21.8 Å². The molecule has 0 radical (unpaired) electrons. The number of aryl methyl sites for hydroxylation is 1. The Morgan fingerprint density at radius 3 is 2.91 bits per heavy atom. The number of nitrogens with one attached hydrogen (secondary N) is 1. The van der Waals surface area contributed by atoms with Gasteiger partial charge in [0.25, 0.3) is 0 Å². The average molecular weight is 349 g/mol. The van der Waals surface area contributed by atoms with Crippen molar-refractivity contribution < 1.29 is 4.79 Å². The van der Waals surface area contributed by atoms with Crippen molar-refractivity contribution in [3.8, 4) is 11.1 Å². The minimum atomic E-state index is -0.260. The van der Waals surface area contributed by atoms with E-state index >= 15 is 0 Å². The monoisotopic (exact) mass is 348 g/mol. The maximum absolute atomic E-state index is 11.6. The molecule has 0 bridgehead atoms. The lowest BCUT2D eigenvalue weighted by molar-refractivity contribution is -0.122. The third-order valence-corrected chi connectivity index (χ3v) is 5.35. The fraction of sp³-hybridized carbons (Fsp3) is 0.250. The number of rotatable bonds is 2. The molecule has 0 saturated heterocycles. The van der Waals surface area contributed by atoms with Crippen LogP contribution < -0.4 is 5.73 Å². The highest BCUT2D eigenvalue weighted by Crippen LogP contribution is 2.43. The van der Waals surface area contributed by atoms with E-state index in [4.69, 9.17) is 28.9 Å². The summed E-state index contributed by atoms with van der Waals surface area (Å²) in [5.74, 6) is -0.421. The van der Waals surface area contributed by atoms with Crippen LogP contribution in [-0.4, -0.2) is 20.7 Å². The number of hydrogen-bond donors (Lipinski definition) is 2. The molecule has 7 heteroatoms. The Bertz CT molecular complexity index is 914. The van der Waals surface area contributed by atoms with Gasteiger partial charge < -0.3 is 10.3 Å². The molecule has 1 aromatic carbocycles. The van der Waals surface area contributed by atoms with Crippen LogP contribution in [-0.2, 0) is 17.8 Å². The van der Waals surface area contributed by atoms with E-state index in [1.165, 1.54) is 0 Å². The quantitative estimate of drug-likeness (QED) is 0.744. The SMILES string of the molecule is NC(=O)C1CCn2c(c(-c3cn[nH]c3)c3ccc(Cl)c(Cl)c32)C1. The lowest BCUT2D eigenvalue weighted by Gasteiger charge is -2.23. The fourth-order valence-corrected chi connectivity index (χ4v) is 3.88. The summed E-state index contributed by atoms with van der Waals surface area (Å²) in [5.41, 5.74) is 9.50.